The van der Waals surface area contributed by atoms with Crippen molar-refractivity contribution >= 4 is 0 Å². The van der Waals surface area contributed by atoms with Gasteiger partial charge in [0, 0.05) is 18.0 Å². The Morgan fingerprint density at radius 1 is 1.12 bits per heavy atom. The Labute approximate surface area is 95.9 Å². The van der Waals surface area contributed by atoms with E-state index >= 15 is 0 Å². The predicted molar refractivity (Wildman–Crippen MR) is 64.5 cm³/mol. The van der Waals surface area contributed by atoms with Crippen LogP contribution in [-0.2, 0) is 6.61 Å². The van der Waals surface area contributed by atoms with E-state index in [4.69, 9.17) is 4.74 Å². The number of ether oxygens (including phenoxy) is 1. The highest BCUT2D eigenvalue weighted by molar-refractivity contribution is 5.33. The zero-order chi connectivity index (χ0) is 11.4. The molecule has 2 rings (SSSR count). The minimum atomic E-state index is 0.566. The van der Waals surface area contributed by atoms with Gasteiger partial charge in [0.1, 0.15) is 12.4 Å². The molecule has 0 aliphatic rings. The molecule has 16 heavy (non-hydrogen) atoms. The van der Waals surface area contributed by atoms with E-state index in [1.54, 1.807) is 6.20 Å². The van der Waals surface area contributed by atoms with Crippen molar-refractivity contribution in [3.63, 3.8) is 0 Å². The van der Waals surface area contributed by atoms with Gasteiger partial charge < -0.3 is 4.74 Å². The molecule has 0 amide bonds. The van der Waals surface area contributed by atoms with Gasteiger partial charge in [0.05, 0.1) is 0 Å². The molecule has 1 heterocycles. The fourth-order valence-electron chi connectivity index (χ4n) is 1.67. The van der Waals surface area contributed by atoms with Gasteiger partial charge in [-0.25, -0.2) is 0 Å². The first-order chi connectivity index (χ1) is 7.74. The zero-order valence-electron chi connectivity index (χ0n) is 9.60. The molecule has 82 valence electrons. The Morgan fingerprint density at radius 3 is 2.50 bits per heavy atom. The van der Waals surface area contributed by atoms with Crippen molar-refractivity contribution in [1.29, 1.82) is 0 Å². The summed E-state index contributed by atoms with van der Waals surface area (Å²) in [6.07, 6.45) is 3.59. The Bertz CT molecular complexity index is 445. The number of aromatic nitrogens is 1. The van der Waals surface area contributed by atoms with Crippen molar-refractivity contribution in [2.75, 3.05) is 0 Å². The first kappa shape index (κ1) is 10.7. The van der Waals surface area contributed by atoms with Crippen molar-refractivity contribution in [1.82, 2.24) is 4.98 Å². The van der Waals surface area contributed by atoms with E-state index < -0.39 is 0 Å². The van der Waals surface area contributed by atoms with Crippen LogP contribution in [-0.4, -0.2) is 4.98 Å². The zero-order valence-corrected chi connectivity index (χ0v) is 9.60. The molecule has 0 atom stereocenters. The van der Waals surface area contributed by atoms with E-state index in [2.05, 4.69) is 24.9 Å². The summed E-state index contributed by atoms with van der Waals surface area (Å²) in [5.41, 5.74) is 3.53. The van der Waals surface area contributed by atoms with E-state index in [0.29, 0.717) is 6.61 Å². The summed E-state index contributed by atoms with van der Waals surface area (Å²) in [5.74, 6) is 0.918. The van der Waals surface area contributed by atoms with Gasteiger partial charge in [-0.15, -0.1) is 0 Å². The molecule has 0 spiro atoms. The summed E-state index contributed by atoms with van der Waals surface area (Å²) in [6.45, 7) is 4.71. The van der Waals surface area contributed by atoms with Crippen molar-refractivity contribution in [2.45, 2.75) is 20.5 Å². The van der Waals surface area contributed by atoms with Crippen molar-refractivity contribution in [3.8, 4) is 5.75 Å². The summed E-state index contributed by atoms with van der Waals surface area (Å²) in [7, 11) is 0. The Balaban J connectivity index is 2.05. The second kappa shape index (κ2) is 4.79. The van der Waals surface area contributed by atoms with Gasteiger partial charge in [0.25, 0.3) is 0 Å². The quantitative estimate of drug-likeness (QED) is 0.780. The van der Waals surface area contributed by atoms with Gasteiger partial charge in [-0.05, 0) is 43.2 Å². The van der Waals surface area contributed by atoms with Crippen LogP contribution in [0.2, 0.25) is 0 Å². The standard InChI is InChI=1S/C14H15NO/c1-11-6-12(2)8-14(7-11)16-10-13-4-3-5-15-9-13/h3-9H,10H2,1-2H3. The number of benzene rings is 1. The highest BCUT2D eigenvalue weighted by Gasteiger charge is 1.97. The molecule has 1 aromatic carbocycles. The number of hydrogen-bond acceptors (Lipinski definition) is 2. The second-order valence-electron chi connectivity index (χ2n) is 3.97. The van der Waals surface area contributed by atoms with Crippen molar-refractivity contribution in [3.05, 3.63) is 59.4 Å². The van der Waals surface area contributed by atoms with Gasteiger partial charge in [0.15, 0.2) is 0 Å². The molecule has 0 N–H and O–H groups in total. The maximum atomic E-state index is 5.71. The van der Waals surface area contributed by atoms with E-state index in [1.807, 2.05) is 30.5 Å². The first-order valence-corrected chi connectivity index (χ1v) is 5.34. The van der Waals surface area contributed by atoms with E-state index in [1.165, 1.54) is 11.1 Å². The largest absolute Gasteiger partial charge is 0.489 e. The van der Waals surface area contributed by atoms with Crippen LogP contribution in [0.3, 0.4) is 0 Å². The van der Waals surface area contributed by atoms with E-state index in [-0.39, 0.29) is 0 Å². The number of nitrogens with zero attached hydrogens (tertiary/aromatic N) is 1. The van der Waals surface area contributed by atoms with Crippen molar-refractivity contribution < 1.29 is 4.74 Å². The molecule has 0 unspecified atom stereocenters. The van der Waals surface area contributed by atoms with Crippen LogP contribution in [0.25, 0.3) is 0 Å². The number of pyridine rings is 1. The molecule has 0 aliphatic heterocycles. The Kier molecular flexibility index (Phi) is 3.20. The van der Waals surface area contributed by atoms with Gasteiger partial charge >= 0.3 is 0 Å². The molecule has 2 aromatic rings. The number of rotatable bonds is 3. The van der Waals surface area contributed by atoms with Gasteiger partial charge in [-0.3, -0.25) is 4.98 Å². The summed E-state index contributed by atoms with van der Waals surface area (Å²) < 4.78 is 5.71. The molecule has 2 heteroatoms. The lowest BCUT2D eigenvalue weighted by molar-refractivity contribution is 0.305. The lowest BCUT2D eigenvalue weighted by atomic mass is 10.1. The lowest BCUT2D eigenvalue weighted by Crippen LogP contribution is -1.96. The average molecular weight is 213 g/mol. The minimum absolute atomic E-state index is 0.566. The molecule has 0 radical (unpaired) electrons. The van der Waals surface area contributed by atoms with E-state index in [0.717, 1.165) is 11.3 Å². The van der Waals surface area contributed by atoms with Crippen LogP contribution in [0.15, 0.2) is 42.7 Å². The summed E-state index contributed by atoms with van der Waals surface area (Å²) in [4.78, 5) is 4.05. The molecule has 0 fully saturated rings. The molecule has 1 aromatic heterocycles. The summed E-state index contributed by atoms with van der Waals surface area (Å²) in [6, 6.07) is 10.2. The Morgan fingerprint density at radius 2 is 1.88 bits per heavy atom. The molecule has 0 bridgehead atoms. The summed E-state index contributed by atoms with van der Waals surface area (Å²) in [5, 5.41) is 0. The average Bonchev–Trinajstić information content (AvgIpc) is 2.27. The van der Waals surface area contributed by atoms with Crippen LogP contribution in [0.4, 0.5) is 0 Å². The molecular formula is C14H15NO. The first-order valence-electron chi connectivity index (χ1n) is 5.34. The monoisotopic (exact) mass is 213 g/mol. The summed E-state index contributed by atoms with van der Waals surface area (Å²) >= 11 is 0. The minimum Gasteiger partial charge on any atom is -0.489 e. The fourth-order valence-corrected chi connectivity index (χ4v) is 1.67. The van der Waals surface area contributed by atoms with Gasteiger partial charge in [0.2, 0.25) is 0 Å². The van der Waals surface area contributed by atoms with Crippen LogP contribution in [0.5, 0.6) is 5.75 Å². The van der Waals surface area contributed by atoms with E-state index in [9.17, 15) is 0 Å². The third-order valence-electron chi connectivity index (χ3n) is 2.32. The van der Waals surface area contributed by atoms with Crippen LogP contribution in [0, 0.1) is 13.8 Å². The molecular weight excluding hydrogens is 198 g/mol. The predicted octanol–water partition coefficient (Wildman–Crippen LogP) is 3.28. The van der Waals surface area contributed by atoms with Crippen LogP contribution >= 0.6 is 0 Å². The van der Waals surface area contributed by atoms with Gasteiger partial charge in [-0.1, -0.05) is 12.1 Å². The maximum absolute atomic E-state index is 5.71. The normalized spacial score (nSPS) is 10.1. The Hall–Kier alpha value is -1.83. The van der Waals surface area contributed by atoms with Crippen LogP contribution in [0.1, 0.15) is 16.7 Å². The van der Waals surface area contributed by atoms with Crippen molar-refractivity contribution in [2.24, 2.45) is 0 Å². The SMILES string of the molecule is Cc1cc(C)cc(OCc2cccnc2)c1. The molecule has 0 aliphatic carbocycles. The molecule has 0 saturated carbocycles. The number of aryl methyl sites for hydroxylation is 2. The molecule has 0 saturated heterocycles. The maximum Gasteiger partial charge on any atom is 0.120 e. The van der Waals surface area contributed by atoms with Gasteiger partial charge in [-0.2, -0.15) is 0 Å². The highest BCUT2D eigenvalue weighted by atomic mass is 16.5. The van der Waals surface area contributed by atoms with Crippen LogP contribution < -0.4 is 4.74 Å². The topological polar surface area (TPSA) is 22.1 Å². The second-order valence-corrected chi connectivity index (χ2v) is 3.97. The fraction of sp³-hybridized carbons (Fsp3) is 0.214. The third kappa shape index (κ3) is 2.83. The smallest absolute Gasteiger partial charge is 0.120 e. The third-order valence-corrected chi connectivity index (χ3v) is 2.32. The molecule has 2 nitrogen and oxygen atoms in total. The lowest BCUT2D eigenvalue weighted by Gasteiger charge is -2.07. The highest BCUT2D eigenvalue weighted by Crippen LogP contribution is 2.17. The number of hydrogen-bond donors (Lipinski definition) is 0.